The van der Waals surface area contributed by atoms with Crippen LogP contribution in [0.25, 0.3) is 0 Å². The molecular weight excluding hydrogens is 460 g/mol. The Morgan fingerprint density at radius 2 is 1.56 bits per heavy atom. The number of thiocarbonyl (C=S) groups is 1. The molecule has 1 atom stereocenters. The molecule has 34 heavy (non-hydrogen) atoms. The smallest absolute Gasteiger partial charge is 0.256 e. The molecule has 0 radical (unpaired) electrons. The van der Waals surface area contributed by atoms with E-state index in [0.717, 1.165) is 5.56 Å². The Balaban J connectivity index is 1.59. The maximum absolute atomic E-state index is 13.4. The first-order valence-electron chi connectivity index (χ1n) is 10.4. The topological polar surface area (TPSA) is 61.9 Å². The molecule has 174 valence electrons. The van der Waals surface area contributed by atoms with Crippen LogP contribution in [0, 0.1) is 11.6 Å². The van der Waals surface area contributed by atoms with Gasteiger partial charge in [0.05, 0.1) is 19.2 Å². The molecule has 0 aliphatic carbocycles. The molecule has 6 nitrogen and oxygen atoms in total. The minimum atomic E-state index is -0.875. The predicted molar refractivity (Wildman–Crippen MR) is 128 cm³/mol. The molecular formula is C25H21F2N3O3S. The molecule has 0 aromatic heterocycles. The van der Waals surface area contributed by atoms with Crippen LogP contribution >= 0.6 is 12.2 Å². The fourth-order valence-corrected chi connectivity index (χ4v) is 4.08. The third kappa shape index (κ3) is 5.04. The van der Waals surface area contributed by atoms with Gasteiger partial charge in [0.15, 0.2) is 5.11 Å². The lowest BCUT2D eigenvalue weighted by atomic mass is 10.1. The molecule has 1 saturated heterocycles. The number of rotatable bonds is 7. The van der Waals surface area contributed by atoms with Crippen molar-refractivity contribution in [1.29, 1.82) is 0 Å². The third-order valence-electron chi connectivity index (χ3n) is 5.42. The number of halogens is 2. The maximum Gasteiger partial charge on any atom is 0.256 e. The van der Waals surface area contributed by atoms with E-state index >= 15 is 0 Å². The lowest BCUT2D eigenvalue weighted by molar-refractivity contribution is -0.124. The molecule has 0 saturated carbocycles. The van der Waals surface area contributed by atoms with Crippen molar-refractivity contribution in [3.8, 4) is 5.75 Å². The molecule has 1 heterocycles. The van der Waals surface area contributed by atoms with E-state index in [2.05, 4.69) is 5.32 Å². The summed E-state index contributed by atoms with van der Waals surface area (Å²) in [4.78, 5) is 29.1. The number of ether oxygens (including phenoxy) is 1. The first-order chi connectivity index (χ1) is 16.4. The maximum atomic E-state index is 13.4. The average molecular weight is 482 g/mol. The number of carbonyl (C=O) groups excluding carboxylic acids is 2. The van der Waals surface area contributed by atoms with Gasteiger partial charge in [-0.1, -0.05) is 12.1 Å². The van der Waals surface area contributed by atoms with E-state index in [1.54, 1.807) is 24.1 Å². The summed E-state index contributed by atoms with van der Waals surface area (Å²) in [6, 6.07) is 17.2. The zero-order valence-electron chi connectivity index (χ0n) is 18.2. The summed E-state index contributed by atoms with van der Waals surface area (Å²) in [6.07, 6.45) is -0.176. The molecule has 2 amide bonds. The SMILES string of the molecule is COc1ccc(CN2C(=S)N(c3ccc(F)cc3)C(=O)C2CC(=O)Nc2ccc(F)cc2)cc1. The Labute approximate surface area is 200 Å². The van der Waals surface area contributed by atoms with Crippen LogP contribution in [-0.4, -0.2) is 35.0 Å². The van der Waals surface area contributed by atoms with Gasteiger partial charge in [-0.25, -0.2) is 8.78 Å². The van der Waals surface area contributed by atoms with Gasteiger partial charge in [-0.3, -0.25) is 14.5 Å². The predicted octanol–water partition coefficient (Wildman–Crippen LogP) is 4.50. The van der Waals surface area contributed by atoms with Crippen molar-refractivity contribution < 1.29 is 23.1 Å². The van der Waals surface area contributed by atoms with Gasteiger partial charge in [0, 0.05) is 12.2 Å². The second-order valence-electron chi connectivity index (χ2n) is 7.68. The monoisotopic (exact) mass is 481 g/mol. The molecule has 0 bridgehead atoms. The van der Waals surface area contributed by atoms with E-state index < -0.39 is 23.6 Å². The van der Waals surface area contributed by atoms with E-state index in [4.69, 9.17) is 17.0 Å². The minimum absolute atomic E-state index is 0.176. The largest absolute Gasteiger partial charge is 0.497 e. The highest BCUT2D eigenvalue weighted by molar-refractivity contribution is 7.80. The van der Waals surface area contributed by atoms with Gasteiger partial charge in [0.25, 0.3) is 5.91 Å². The van der Waals surface area contributed by atoms with Crippen molar-refractivity contribution in [2.75, 3.05) is 17.3 Å². The fraction of sp³-hybridized carbons (Fsp3) is 0.160. The van der Waals surface area contributed by atoms with Gasteiger partial charge in [0.1, 0.15) is 23.4 Å². The number of anilines is 2. The van der Waals surface area contributed by atoms with Gasteiger partial charge in [-0.15, -0.1) is 0 Å². The lowest BCUT2D eigenvalue weighted by Crippen LogP contribution is -2.37. The van der Waals surface area contributed by atoms with Crippen LogP contribution in [0.2, 0.25) is 0 Å². The highest BCUT2D eigenvalue weighted by atomic mass is 32.1. The normalized spacial score (nSPS) is 15.6. The van der Waals surface area contributed by atoms with Gasteiger partial charge < -0.3 is 15.0 Å². The van der Waals surface area contributed by atoms with Crippen molar-refractivity contribution in [2.24, 2.45) is 0 Å². The van der Waals surface area contributed by atoms with Crippen molar-refractivity contribution in [3.63, 3.8) is 0 Å². The molecule has 3 aromatic rings. The highest BCUT2D eigenvalue weighted by Gasteiger charge is 2.44. The second-order valence-corrected chi connectivity index (χ2v) is 8.05. The quantitative estimate of drug-likeness (QED) is 0.504. The number of nitrogens with zero attached hydrogens (tertiary/aromatic N) is 2. The number of nitrogens with one attached hydrogen (secondary N) is 1. The molecule has 1 aliphatic rings. The van der Waals surface area contributed by atoms with Gasteiger partial charge in [-0.05, 0) is 78.4 Å². The summed E-state index contributed by atoms with van der Waals surface area (Å²) in [7, 11) is 1.57. The van der Waals surface area contributed by atoms with Crippen molar-refractivity contribution in [1.82, 2.24) is 4.90 Å². The first-order valence-corrected chi connectivity index (χ1v) is 10.8. The Bertz CT molecular complexity index is 1200. The van der Waals surface area contributed by atoms with Crippen LogP contribution in [0.3, 0.4) is 0 Å². The Morgan fingerprint density at radius 1 is 0.971 bits per heavy atom. The van der Waals surface area contributed by atoms with Crippen LogP contribution in [0.5, 0.6) is 5.75 Å². The van der Waals surface area contributed by atoms with Crippen LogP contribution < -0.4 is 15.0 Å². The highest BCUT2D eigenvalue weighted by Crippen LogP contribution is 2.29. The standard InChI is InChI=1S/C25H21F2N3O3S/c1-33-21-12-2-16(3-13-21)15-29-22(14-23(31)28-19-8-4-17(26)5-9-19)24(32)30(25(29)34)20-10-6-18(27)7-11-20/h2-13,22H,14-15H2,1H3,(H,28,31). The summed E-state index contributed by atoms with van der Waals surface area (Å²) >= 11 is 5.61. The van der Waals surface area contributed by atoms with Crippen molar-refractivity contribution in [3.05, 3.63) is 90.0 Å². The van der Waals surface area contributed by atoms with E-state index in [0.29, 0.717) is 17.1 Å². The number of methoxy groups -OCH3 is 1. The first kappa shape index (κ1) is 23.3. The summed E-state index contributed by atoms with van der Waals surface area (Å²) < 4.78 is 31.8. The molecule has 0 spiro atoms. The summed E-state index contributed by atoms with van der Waals surface area (Å²) in [6.45, 7) is 0.279. The van der Waals surface area contributed by atoms with E-state index in [-0.39, 0.29) is 24.0 Å². The van der Waals surface area contributed by atoms with Gasteiger partial charge in [0.2, 0.25) is 5.91 Å². The molecule has 1 N–H and O–H groups in total. The Kier molecular flexibility index (Phi) is 6.83. The average Bonchev–Trinajstić information content (AvgIpc) is 3.05. The van der Waals surface area contributed by atoms with Crippen molar-refractivity contribution in [2.45, 2.75) is 19.0 Å². The minimum Gasteiger partial charge on any atom is -0.497 e. The molecule has 1 aliphatic heterocycles. The number of hydrogen-bond acceptors (Lipinski definition) is 4. The third-order valence-corrected chi connectivity index (χ3v) is 5.84. The second kappa shape index (κ2) is 9.96. The molecule has 1 unspecified atom stereocenters. The van der Waals surface area contributed by atoms with Gasteiger partial charge >= 0.3 is 0 Å². The van der Waals surface area contributed by atoms with Crippen LogP contribution in [0.4, 0.5) is 20.2 Å². The Morgan fingerprint density at radius 3 is 2.15 bits per heavy atom. The Hall–Kier alpha value is -3.85. The van der Waals surface area contributed by atoms with Crippen LogP contribution in [0.15, 0.2) is 72.8 Å². The van der Waals surface area contributed by atoms with Crippen LogP contribution in [-0.2, 0) is 16.1 Å². The van der Waals surface area contributed by atoms with E-state index in [1.807, 2.05) is 12.1 Å². The zero-order chi connectivity index (χ0) is 24.2. The van der Waals surface area contributed by atoms with Crippen molar-refractivity contribution >= 4 is 40.5 Å². The van der Waals surface area contributed by atoms with E-state index in [1.165, 1.54) is 53.4 Å². The van der Waals surface area contributed by atoms with E-state index in [9.17, 15) is 18.4 Å². The zero-order valence-corrected chi connectivity index (χ0v) is 19.0. The summed E-state index contributed by atoms with van der Waals surface area (Å²) in [5.74, 6) is -0.985. The number of carbonyl (C=O) groups is 2. The molecule has 1 fully saturated rings. The molecule has 3 aromatic carbocycles. The van der Waals surface area contributed by atoms with Gasteiger partial charge in [-0.2, -0.15) is 0 Å². The molecule has 4 rings (SSSR count). The summed E-state index contributed by atoms with van der Waals surface area (Å²) in [5, 5.41) is 2.90. The number of hydrogen-bond donors (Lipinski definition) is 1. The number of benzene rings is 3. The molecule has 9 heteroatoms. The number of amides is 2. The summed E-state index contributed by atoms with van der Waals surface area (Å²) in [5.41, 5.74) is 1.69. The lowest BCUT2D eigenvalue weighted by Gasteiger charge is -2.24. The van der Waals surface area contributed by atoms with Crippen LogP contribution in [0.1, 0.15) is 12.0 Å². The fourth-order valence-electron chi connectivity index (χ4n) is 3.69.